The van der Waals surface area contributed by atoms with Gasteiger partial charge in [-0.15, -0.1) is 0 Å². The summed E-state index contributed by atoms with van der Waals surface area (Å²) in [7, 11) is 0. The highest BCUT2D eigenvalue weighted by atomic mass is 16.6. The Balaban J connectivity index is 2.58. The predicted molar refractivity (Wildman–Crippen MR) is 56.7 cm³/mol. The van der Waals surface area contributed by atoms with Crippen molar-refractivity contribution in [2.45, 2.75) is 47.6 Å². The fourth-order valence-electron chi connectivity index (χ4n) is 1.88. The molecule has 0 aromatic heterocycles. The summed E-state index contributed by atoms with van der Waals surface area (Å²) in [5.74, 6) is 2.18. The van der Waals surface area contributed by atoms with E-state index in [4.69, 9.17) is 4.74 Å². The van der Waals surface area contributed by atoms with Crippen LogP contribution in [-0.4, -0.2) is 12.7 Å². The third-order valence-corrected chi connectivity index (χ3v) is 4.40. The zero-order valence-corrected chi connectivity index (χ0v) is 9.92. The predicted octanol–water partition coefficient (Wildman–Crippen LogP) is 3.34. The van der Waals surface area contributed by atoms with Crippen molar-refractivity contribution in [1.82, 2.24) is 0 Å². The smallest absolute Gasteiger partial charge is 0.0838 e. The summed E-state index contributed by atoms with van der Waals surface area (Å²) >= 11 is 0. The van der Waals surface area contributed by atoms with Gasteiger partial charge in [0.05, 0.1) is 12.7 Å². The number of ether oxygens (including phenoxy) is 1. The molecule has 1 fully saturated rings. The molecule has 0 radical (unpaired) electrons. The van der Waals surface area contributed by atoms with Gasteiger partial charge in [-0.3, -0.25) is 0 Å². The van der Waals surface area contributed by atoms with Crippen molar-refractivity contribution in [2.24, 2.45) is 23.2 Å². The largest absolute Gasteiger partial charge is 0.373 e. The Labute approximate surface area is 82.9 Å². The standard InChI is InChI=1S/C12H24O/c1-8(2)12(5,6)10(4)9(3)11-7-13-11/h8-11H,7H2,1-6H3/t9-,10?,11?/m0/s1. The molecule has 3 atom stereocenters. The minimum atomic E-state index is 0.422. The molecule has 0 bridgehead atoms. The van der Waals surface area contributed by atoms with Crippen molar-refractivity contribution < 1.29 is 4.74 Å². The Bertz CT molecular complexity index is 168. The van der Waals surface area contributed by atoms with Crippen LogP contribution in [0.15, 0.2) is 0 Å². The zero-order valence-electron chi connectivity index (χ0n) is 9.92. The molecule has 0 aromatic carbocycles. The van der Waals surface area contributed by atoms with Gasteiger partial charge in [0.15, 0.2) is 0 Å². The Hall–Kier alpha value is -0.0400. The average Bonchev–Trinajstić information content (AvgIpc) is 2.83. The molecule has 13 heavy (non-hydrogen) atoms. The summed E-state index contributed by atoms with van der Waals surface area (Å²) in [5, 5.41) is 0. The molecule has 1 heteroatoms. The summed E-state index contributed by atoms with van der Waals surface area (Å²) in [4.78, 5) is 0. The lowest BCUT2D eigenvalue weighted by Crippen LogP contribution is -2.33. The first kappa shape index (κ1) is 11.0. The van der Waals surface area contributed by atoms with Crippen LogP contribution in [0.25, 0.3) is 0 Å². The van der Waals surface area contributed by atoms with Crippen molar-refractivity contribution in [2.75, 3.05) is 6.61 Å². The molecule has 2 unspecified atom stereocenters. The third-order valence-electron chi connectivity index (χ3n) is 4.40. The molecule has 1 nitrogen and oxygen atoms in total. The van der Waals surface area contributed by atoms with E-state index in [1.807, 2.05) is 0 Å². The number of hydrogen-bond donors (Lipinski definition) is 0. The molecule has 0 aromatic rings. The van der Waals surface area contributed by atoms with E-state index < -0.39 is 0 Å². The average molecular weight is 184 g/mol. The molecule has 1 rings (SSSR count). The van der Waals surface area contributed by atoms with Crippen LogP contribution in [0.3, 0.4) is 0 Å². The maximum atomic E-state index is 5.37. The summed E-state index contributed by atoms with van der Waals surface area (Å²) in [6, 6.07) is 0. The normalized spacial score (nSPS) is 27.5. The Kier molecular flexibility index (Phi) is 3.06. The molecule has 78 valence electrons. The van der Waals surface area contributed by atoms with Gasteiger partial charge in [0, 0.05) is 0 Å². The van der Waals surface area contributed by atoms with E-state index in [0.717, 1.165) is 18.4 Å². The lowest BCUT2D eigenvalue weighted by atomic mass is 9.66. The van der Waals surface area contributed by atoms with Gasteiger partial charge in [-0.05, 0) is 23.2 Å². The summed E-state index contributed by atoms with van der Waals surface area (Å²) in [6.45, 7) is 15.1. The molecule has 0 saturated carbocycles. The van der Waals surface area contributed by atoms with E-state index in [-0.39, 0.29) is 0 Å². The van der Waals surface area contributed by atoms with E-state index >= 15 is 0 Å². The van der Waals surface area contributed by atoms with Crippen LogP contribution in [0.2, 0.25) is 0 Å². The SMILES string of the molecule is CC(C)C(C)(C)C(C)[C@H](C)C1CO1. The number of epoxide rings is 1. The first-order valence-corrected chi connectivity index (χ1v) is 5.49. The van der Waals surface area contributed by atoms with Gasteiger partial charge in [0.25, 0.3) is 0 Å². The minimum Gasteiger partial charge on any atom is -0.373 e. The van der Waals surface area contributed by atoms with Crippen molar-refractivity contribution in [3.63, 3.8) is 0 Å². The highest BCUT2D eigenvalue weighted by molar-refractivity contribution is 4.88. The number of hydrogen-bond acceptors (Lipinski definition) is 1. The van der Waals surface area contributed by atoms with Crippen LogP contribution in [0, 0.1) is 23.2 Å². The summed E-state index contributed by atoms with van der Waals surface area (Å²) in [5.41, 5.74) is 0.422. The molecular formula is C12H24O. The van der Waals surface area contributed by atoms with E-state index in [2.05, 4.69) is 41.5 Å². The van der Waals surface area contributed by atoms with Gasteiger partial charge < -0.3 is 4.74 Å². The van der Waals surface area contributed by atoms with Crippen molar-refractivity contribution in [1.29, 1.82) is 0 Å². The third kappa shape index (κ3) is 2.25. The first-order chi connectivity index (χ1) is 5.87. The maximum absolute atomic E-state index is 5.37. The lowest BCUT2D eigenvalue weighted by molar-refractivity contribution is 0.0909. The van der Waals surface area contributed by atoms with Gasteiger partial charge in [-0.1, -0.05) is 41.5 Å². The van der Waals surface area contributed by atoms with Crippen molar-refractivity contribution in [3.05, 3.63) is 0 Å². The molecule has 1 aliphatic heterocycles. The van der Waals surface area contributed by atoms with Crippen molar-refractivity contribution >= 4 is 0 Å². The van der Waals surface area contributed by atoms with Crippen LogP contribution in [0.1, 0.15) is 41.5 Å². The van der Waals surface area contributed by atoms with Crippen molar-refractivity contribution in [3.8, 4) is 0 Å². The second kappa shape index (κ2) is 3.61. The molecule has 1 saturated heterocycles. The lowest BCUT2D eigenvalue weighted by Gasteiger charge is -2.39. The number of rotatable bonds is 4. The molecular weight excluding hydrogens is 160 g/mol. The molecule has 0 aliphatic carbocycles. The van der Waals surface area contributed by atoms with Crippen LogP contribution < -0.4 is 0 Å². The quantitative estimate of drug-likeness (QED) is 0.610. The van der Waals surface area contributed by atoms with Gasteiger partial charge in [-0.25, -0.2) is 0 Å². The van der Waals surface area contributed by atoms with E-state index in [9.17, 15) is 0 Å². The fourth-order valence-corrected chi connectivity index (χ4v) is 1.88. The Morgan fingerprint density at radius 2 is 1.62 bits per heavy atom. The highest BCUT2D eigenvalue weighted by Crippen LogP contribution is 2.42. The Morgan fingerprint density at radius 3 is 1.92 bits per heavy atom. The van der Waals surface area contributed by atoms with Crippen LogP contribution in [0.4, 0.5) is 0 Å². The summed E-state index contributed by atoms with van der Waals surface area (Å²) < 4.78 is 5.37. The highest BCUT2D eigenvalue weighted by Gasteiger charge is 2.40. The molecule has 0 N–H and O–H groups in total. The van der Waals surface area contributed by atoms with E-state index in [1.165, 1.54) is 0 Å². The van der Waals surface area contributed by atoms with E-state index in [1.54, 1.807) is 0 Å². The molecule has 0 amide bonds. The minimum absolute atomic E-state index is 0.422. The molecule has 1 heterocycles. The van der Waals surface area contributed by atoms with E-state index in [0.29, 0.717) is 17.4 Å². The Morgan fingerprint density at radius 1 is 1.15 bits per heavy atom. The molecule has 0 spiro atoms. The van der Waals surface area contributed by atoms with Crippen LogP contribution in [-0.2, 0) is 4.74 Å². The van der Waals surface area contributed by atoms with Gasteiger partial charge in [0.2, 0.25) is 0 Å². The second-order valence-electron chi connectivity index (χ2n) is 5.50. The topological polar surface area (TPSA) is 12.5 Å². The zero-order chi connectivity index (χ0) is 10.2. The van der Waals surface area contributed by atoms with Gasteiger partial charge in [-0.2, -0.15) is 0 Å². The second-order valence-corrected chi connectivity index (χ2v) is 5.50. The van der Waals surface area contributed by atoms with Crippen LogP contribution in [0.5, 0.6) is 0 Å². The van der Waals surface area contributed by atoms with Gasteiger partial charge in [0.1, 0.15) is 0 Å². The first-order valence-electron chi connectivity index (χ1n) is 5.49. The van der Waals surface area contributed by atoms with Crippen LogP contribution >= 0.6 is 0 Å². The molecule has 1 aliphatic rings. The van der Waals surface area contributed by atoms with Gasteiger partial charge >= 0.3 is 0 Å². The fraction of sp³-hybridized carbons (Fsp3) is 1.00. The summed E-state index contributed by atoms with van der Waals surface area (Å²) in [6.07, 6.45) is 0.549. The monoisotopic (exact) mass is 184 g/mol. The maximum Gasteiger partial charge on any atom is 0.0838 e.